The van der Waals surface area contributed by atoms with Gasteiger partial charge in [-0.1, -0.05) is 48.0 Å². The molecule has 4 aromatic carbocycles. The van der Waals surface area contributed by atoms with E-state index in [9.17, 15) is 9.59 Å². The molecule has 0 aliphatic carbocycles. The number of anilines is 2. The minimum absolute atomic E-state index is 0.0307. The van der Waals surface area contributed by atoms with Gasteiger partial charge in [0.1, 0.15) is 5.75 Å². The summed E-state index contributed by atoms with van der Waals surface area (Å²) >= 11 is 0. The van der Waals surface area contributed by atoms with E-state index in [-0.39, 0.29) is 11.8 Å². The number of carbonyl (C=O) groups is 2. The molecule has 36 heavy (non-hydrogen) atoms. The Labute approximate surface area is 211 Å². The lowest BCUT2D eigenvalue weighted by atomic mass is 9.97. The summed E-state index contributed by atoms with van der Waals surface area (Å²) in [5.41, 5.74) is 6.82. The van der Waals surface area contributed by atoms with Crippen molar-refractivity contribution >= 4 is 23.2 Å². The summed E-state index contributed by atoms with van der Waals surface area (Å²) in [4.78, 5) is 28.3. The third-order valence-electron chi connectivity index (χ3n) is 6.58. The van der Waals surface area contributed by atoms with Crippen molar-refractivity contribution in [2.45, 2.75) is 19.8 Å². The van der Waals surface area contributed by atoms with E-state index in [2.05, 4.69) is 11.4 Å². The van der Waals surface area contributed by atoms with Crippen LogP contribution in [0.1, 0.15) is 38.3 Å². The number of methoxy groups -OCH3 is 1. The molecule has 1 aliphatic rings. The maximum atomic E-state index is 13.3. The standard InChI is InChI=1S/C31H28N2O3/c1-21-9-11-22(12-10-21)28-20-26(36-2)17-18-27(28)30(34)32-25-15-13-24(14-16-25)31(35)33-19-5-7-23-6-3-4-8-29(23)33/h3-4,6,8-18,20H,5,7,19H2,1-2H3,(H,32,34). The fraction of sp³-hybridized carbons (Fsp3) is 0.161. The Morgan fingerprint density at radius 1 is 0.889 bits per heavy atom. The van der Waals surface area contributed by atoms with Gasteiger partial charge in [-0.25, -0.2) is 0 Å². The Balaban J connectivity index is 1.36. The molecule has 5 nitrogen and oxygen atoms in total. The third-order valence-corrected chi connectivity index (χ3v) is 6.58. The molecule has 0 saturated carbocycles. The molecule has 1 N–H and O–H groups in total. The van der Waals surface area contributed by atoms with Gasteiger partial charge < -0.3 is 15.0 Å². The van der Waals surface area contributed by atoms with E-state index in [4.69, 9.17) is 4.74 Å². The fourth-order valence-corrected chi connectivity index (χ4v) is 4.62. The summed E-state index contributed by atoms with van der Waals surface area (Å²) in [6, 6.07) is 28.6. The first kappa shape index (κ1) is 23.4. The predicted octanol–water partition coefficient (Wildman–Crippen LogP) is 6.52. The summed E-state index contributed by atoms with van der Waals surface area (Å²) in [6.07, 6.45) is 1.93. The average Bonchev–Trinajstić information content (AvgIpc) is 2.93. The second kappa shape index (κ2) is 10.1. The van der Waals surface area contributed by atoms with Crippen LogP contribution in [0.15, 0.2) is 91.0 Å². The summed E-state index contributed by atoms with van der Waals surface area (Å²) in [5.74, 6) is 0.429. The number of hydrogen-bond donors (Lipinski definition) is 1. The lowest BCUT2D eigenvalue weighted by molar-refractivity contribution is 0.0984. The van der Waals surface area contributed by atoms with Crippen LogP contribution < -0.4 is 15.0 Å². The maximum absolute atomic E-state index is 13.3. The number of nitrogens with one attached hydrogen (secondary N) is 1. The normalized spacial score (nSPS) is 12.6. The van der Waals surface area contributed by atoms with Gasteiger partial charge in [0.25, 0.3) is 11.8 Å². The Morgan fingerprint density at radius 3 is 2.39 bits per heavy atom. The molecule has 0 unspecified atom stereocenters. The Bertz CT molecular complexity index is 1410. The molecule has 2 amide bonds. The molecule has 4 aromatic rings. The number of para-hydroxylation sites is 1. The van der Waals surface area contributed by atoms with Crippen LogP contribution in [0.3, 0.4) is 0 Å². The molecule has 0 atom stereocenters. The Morgan fingerprint density at radius 2 is 1.64 bits per heavy atom. The van der Waals surface area contributed by atoms with Gasteiger partial charge in [-0.05, 0) is 85.0 Å². The number of nitrogens with zero attached hydrogens (tertiary/aromatic N) is 1. The zero-order chi connectivity index (χ0) is 25.1. The number of fused-ring (bicyclic) bond motifs is 1. The van der Waals surface area contributed by atoms with Crippen LogP contribution >= 0.6 is 0 Å². The van der Waals surface area contributed by atoms with Crippen molar-refractivity contribution in [3.63, 3.8) is 0 Å². The van der Waals surface area contributed by atoms with Crippen LogP contribution in [0.25, 0.3) is 11.1 Å². The van der Waals surface area contributed by atoms with Crippen LogP contribution in [0.2, 0.25) is 0 Å². The second-order valence-corrected chi connectivity index (χ2v) is 9.00. The highest BCUT2D eigenvalue weighted by atomic mass is 16.5. The first-order valence-corrected chi connectivity index (χ1v) is 12.1. The van der Waals surface area contributed by atoms with Gasteiger partial charge in [0.05, 0.1) is 7.11 Å². The molecule has 1 aliphatic heterocycles. The average molecular weight is 477 g/mol. The summed E-state index contributed by atoms with van der Waals surface area (Å²) in [7, 11) is 1.61. The van der Waals surface area contributed by atoms with Crippen molar-refractivity contribution in [3.8, 4) is 16.9 Å². The van der Waals surface area contributed by atoms with E-state index in [1.807, 2.05) is 60.4 Å². The van der Waals surface area contributed by atoms with Crippen molar-refractivity contribution in [1.82, 2.24) is 0 Å². The zero-order valence-corrected chi connectivity index (χ0v) is 20.5. The molecule has 0 radical (unpaired) electrons. The van der Waals surface area contributed by atoms with Gasteiger partial charge in [-0.2, -0.15) is 0 Å². The smallest absolute Gasteiger partial charge is 0.258 e. The minimum atomic E-state index is -0.225. The van der Waals surface area contributed by atoms with Crippen LogP contribution in [-0.4, -0.2) is 25.5 Å². The molecule has 180 valence electrons. The van der Waals surface area contributed by atoms with Gasteiger partial charge in [-0.15, -0.1) is 0 Å². The zero-order valence-electron chi connectivity index (χ0n) is 20.5. The van der Waals surface area contributed by atoms with Crippen molar-refractivity contribution in [2.24, 2.45) is 0 Å². The van der Waals surface area contributed by atoms with Crippen LogP contribution in [-0.2, 0) is 6.42 Å². The van der Waals surface area contributed by atoms with Gasteiger partial charge in [-0.3, -0.25) is 9.59 Å². The van der Waals surface area contributed by atoms with Gasteiger partial charge in [0.15, 0.2) is 0 Å². The largest absolute Gasteiger partial charge is 0.497 e. The predicted molar refractivity (Wildman–Crippen MR) is 144 cm³/mol. The highest BCUT2D eigenvalue weighted by Crippen LogP contribution is 2.30. The molecule has 0 aromatic heterocycles. The highest BCUT2D eigenvalue weighted by molar-refractivity contribution is 6.10. The first-order chi connectivity index (χ1) is 17.5. The minimum Gasteiger partial charge on any atom is -0.497 e. The fourth-order valence-electron chi connectivity index (χ4n) is 4.62. The molecule has 0 bridgehead atoms. The third kappa shape index (κ3) is 4.73. The number of ether oxygens (including phenoxy) is 1. The maximum Gasteiger partial charge on any atom is 0.258 e. The van der Waals surface area contributed by atoms with Crippen molar-refractivity contribution in [3.05, 3.63) is 113 Å². The van der Waals surface area contributed by atoms with E-state index in [1.165, 1.54) is 5.56 Å². The van der Waals surface area contributed by atoms with Crippen molar-refractivity contribution < 1.29 is 14.3 Å². The molecule has 0 fully saturated rings. The molecule has 0 saturated heterocycles. The lowest BCUT2D eigenvalue weighted by Gasteiger charge is -2.29. The molecule has 0 spiro atoms. The van der Waals surface area contributed by atoms with Gasteiger partial charge in [0.2, 0.25) is 0 Å². The number of carbonyl (C=O) groups excluding carboxylic acids is 2. The van der Waals surface area contributed by atoms with E-state index in [0.29, 0.717) is 29.1 Å². The molecule has 5 rings (SSSR count). The summed E-state index contributed by atoms with van der Waals surface area (Å²) in [6.45, 7) is 2.73. The molecule has 1 heterocycles. The summed E-state index contributed by atoms with van der Waals surface area (Å²) < 4.78 is 5.39. The lowest BCUT2D eigenvalue weighted by Crippen LogP contribution is -2.35. The monoisotopic (exact) mass is 476 g/mol. The molecular weight excluding hydrogens is 448 g/mol. The van der Waals surface area contributed by atoms with E-state index < -0.39 is 0 Å². The van der Waals surface area contributed by atoms with Crippen LogP contribution in [0.4, 0.5) is 11.4 Å². The number of aryl methyl sites for hydroxylation is 2. The number of rotatable bonds is 5. The summed E-state index contributed by atoms with van der Waals surface area (Å²) in [5, 5.41) is 2.97. The Kier molecular flexibility index (Phi) is 6.54. The van der Waals surface area contributed by atoms with E-state index in [1.54, 1.807) is 43.5 Å². The van der Waals surface area contributed by atoms with Crippen LogP contribution in [0.5, 0.6) is 5.75 Å². The SMILES string of the molecule is COc1ccc(C(=O)Nc2ccc(C(=O)N3CCCc4ccccc43)cc2)c(-c2ccc(C)cc2)c1. The number of benzene rings is 4. The number of amides is 2. The number of hydrogen-bond acceptors (Lipinski definition) is 3. The Hall–Kier alpha value is -4.38. The van der Waals surface area contributed by atoms with E-state index >= 15 is 0 Å². The van der Waals surface area contributed by atoms with Gasteiger partial charge >= 0.3 is 0 Å². The molecule has 5 heteroatoms. The van der Waals surface area contributed by atoms with Gasteiger partial charge in [0, 0.05) is 29.0 Å². The van der Waals surface area contributed by atoms with Crippen LogP contribution in [0, 0.1) is 6.92 Å². The van der Waals surface area contributed by atoms with Crippen molar-refractivity contribution in [1.29, 1.82) is 0 Å². The second-order valence-electron chi connectivity index (χ2n) is 9.00. The topological polar surface area (TPSA) is 58.6 Å². The quantitative estimate of drug-likeness (QED) is 0.357. The van der Waals surface area contributed by atoms with Crippen molar-refractivity contribution in [2.75, 3.05) is 23.9 Å². The molecular formula is C31H28N2O3. The van der Waals surface area contributed by atoms with E-state index in [0.717, 1.165) is 35.2 Å². The first-order valence-electron chi connectivity index (χ1n) is 12.1. The highest BCUT2D eigenvalue weighted by Gasteiger charge is 2.23.